The molecule has 124 valence electrons. The minimum Gasteiger partial charge on any atom is -0.340 e. The fourth-order valence-corrected chi connectivity index (χ4v) is 4.49. The molecule has 4 rings (SSSR count). The zero-order chi connectivity index (χ0) is 15.9. The van der Waals surface area contributed by atoms with Crippen LogP contribution in [0.2, 0.25) is 5.02 Å². The first-order valence-electron chi connectivity index (χ1n) is 8.98. The number of carbonyl (C=O) groups excluding carboxylic acids is 1. The van der Waals surface area contributed by atoms with Gasteiger partial charge >= 0.3 is 0 Å². The second-order valence-electron chi connectivity index (χ2n) is 7.38. The molecule has 0 N–H and O–H groups in total. The quantitative estimate of drug-likeness (QED) is 0.846. The molecule has 1 unspecified atom stereocenters. The van der Waals surface area contributed by atoms with Crippen LogP contribution in [0.1, 0.15) is 44.1 Å². The lowest BCUT2D eigenvalue weighted by molar-refractivity contribution is -0.136. The molecule has 1 aliphatic carbocycles. The summed E-state index contributed by atoms with van der Waals surface area (Å²) in [6.07, 6.45) is 7.00. The van der Waals surface area contributed by atoms with Crippen LogP contribution in [0.5, 0.6) is 0 Å². The molecule has 1 saturated carbocycles. The predicted octanol–water partition coefficient (Wildman–Crippen LogP) is 3.46. The summed E-state index contributed by atoms with van der Waals surface area (Å²) in [5, 5.41) is 0.740. The van der Waals surface area contributed by atoms with Crippen LogP contribution in [0, 0.1) is 0 Å². The Morgan fingerprint density at radius 2 is 1.74 bits per heavy atom. The van der Waals surface area contributed by atoms with Crippen molar-refractivity contribution in [2.75, 3.05) is 26.2 Å². The summed E-state index contributed by atoms with van der Waals surface area (Å²) in [5.74, 6) is 0.351. The lowest BCUT2D eigenvalue weighted by Crippen LogP contribution is -2.51. The number of halogens is 1. The van der Waals surface area contributed by atoms with Gasteiger partial charge in [0.2, 0.25) is 5.91 Å². The fraction of sp³-hybridized carbons (Fsp3) is 0.632. The summed E-state index contributed by atoms with van der Waals surface area (Å²) in [7, 11) is 0. The zero-order valence-electron chi connectivity index (χ0n) is 13.6. The minimum absolute atomic E-state index is 0.252. The molecule has 1 amide bonds. The Labute approximate surface area is 143 Å². The number of nitrogens with zero attached hydrogens (tertiary/aromatic N) is 2. The number of rotatable bonds is 3. The third kappa shape index (κ3) is 2.89. The molecular weight excluding hydrogens is 308 g/mol. The molecule has 0 aromatic heterocycles. The highest BCUT2D eigenvalue weighted by molar-refractivity contribution is 6.30. The normalized spacial score (nSPS) is 27.2. The molecule has 2 aliphatic heterocycles. The Balaban J connectivity index is 1.48. The smallest absolute Gasteiger partial charge is 0.233 e. The van der Waals surface area contributed by atoms with E-state index in [9.17, 15) is 4.79 Å². The third-order valence-corrected chi connectivity index (χ3v) is 6.15. The number of carbonyl (C=O) groups is 1. The van der Waals surface area contributed by atoms with E-state index in [1.165, 1.54) is 32.4 Å². The van der Waals surface area contributed by atoms with Gasteiger partial charge in [-0.15, -0.1) is 0 Å². The van der Waals surface area contributed by atoms with Gasteiger partial charge in [-0.1, -0.05) is 23.7 Å². The van der Waals surface area contributed by atoms with Gasteiger partial charge in [-0.2, -0.15) is 0 Å². The molecule has 3 fully saturated rings. The molecular formula is C19H25ClN2O. The molecule has 0 radical (unpaired) electrons. The van der Waals surface area contributed by atoms with Crippen LogP contribution >= 0.6 is 11.6 Å². The number of amides is 1. The van der Waals surface area contributed by atoms with Crippen LogP contribution in [0.15, 0.2) is 24.3 Å². The van der Waals surface area contributed by atoms with Gasteiger partial charge in [-0.3, -0.25) is 9.69 Å². The number of benzene rings is 1. The first-order valence-corrected chi connectivity index (χ1v) is 9.36. The molecule has 3 nitrogen and oxygen atoms in total. The van der Waals surface area contributed by atoms with Crippen molar-refractivity contribution in [3.63, 3.8) is 0 Å². The first-order chi connectivity index (χ1) is 11.2. The van der Waals surface area contributed by atoms with Crippen LogP contribution in [-0.4, -0.2) is 47.9 Å². The lowest BCUT2D eigenvalue weighted by Gasteiger charge is -2.39. The van der Waals surface area contributed by atoms with E-state index < -0.39 is 0 Å². The molecule has 3 aliphatic rings. The van der Waals surface area contributed by atoms with Gasteiger partial charge in [-0.05, 0) is 69.3 Å². The van der Waals surface area contributed by atoms with Crippen LogP contribution < -0.4 is 0 Å². The lowest BCUT2D eigenvalue weighted by atomic mass is 9.92. The van der Waals surface area contributed by atoms with E-state index in [0.29, 0.717) is 11.9 Å². The van der Waals surface area contributed by atoms with Crippen molar-refractivity contribution in [1.29, 1.82) is 0 Å². The van der Waals surface area contributed by atoms with Crippen molar-refractivity contribution in [2.24, 2.45) is 0 Å². The molecule has 23 heavy (non-hydrogen) atoms. The van der Waals surface area contributed by atoms with Gasteiger partial charge in [0.05, 0.1) is 5.41 Å². The molecule has 1 aromatic carbocycles. The number of piperidine rings is 1. The third-order valence-electron chi connectivity index (χ3n) is 5.90. The van der Waals surface area contributed by atoms with E-state index in [1.54, 1.807) is 0 Å². The molecule has 2 saturated heterocycles. The molecule has 1 aromatic rings. The van der Waals surface area contributed by atoms with E-state index in [-0.39, 0.29) is 5.41 Å². The summed E-state index contributed by atoms with van der Waals surface area (Å²) in [5.41, 5.74) is 0.896. The average molecular weight is 333 g/mol. The van der Waals surface area contributed by atoms with Gasteiger partial charge in [0.1, 0.15) is 0 Å². The predicted molar refractivity (Wildman–Crippen MR) is 92.8 cm³/mol. The molecule has 0 bridgehead atoms. The Morgan fingerprint density at radius 1 is 1.04 bits per heavy atom. The number of likely N-dealkylation sites (tertiary alicyclic amines) is 2. The van der Waals surface area contributed by atoms with Crippen LogP contribution in [0.25, 0.3) is 0 Å². The maximum absolute atomic E-state index is 13.2. The highest BCUT2D eigenvalue weighted by Crippen LogP contribution is 2.50. The van der Waals surface area contributed by atoms with Gasteiger partial charge < -0.3 is 4.90 Å². The Hall–Kier alpha value is -1.06. The largest absolute Gasteiger partial charge is 0.340 e. The van der Waals surface area contributed by atoms with Crippen LogP contribution in [-0.2, 0) is 10.2 Å². The minimum atomic E-state index is -0.252. The Bertz CT molecular complexity index is 576. The topological polar surface area (TPSA) is 23.6 Å². The van der Waals surface area contributed by atoms with Crippen molar-refractivity contribution in [1.82, 2.24) is 9.80 Å². The van der Waals surface area contributed by atoms with Crippen LogP contribution in [0.3, 0.4) is 0 Å². The fourth-order valence-electron chi connectivity index (χ4n) is 4.37. The van der Waals surface area contributed by atoms with E-state index in [2.05, 4.69) is 9.80 Å². The van der Waals surface area contributed by atoms with Crippen molar-refractivity contribution < 1.29 is 4.79 Å². The summed E-state index contributed by atoms with van der Waals surface area (Å²) in [6, 6.07) is 8.47. The van der Waals surface area contributed by atoms with Crippen molar-refractivity contribution in [2.45, 2.75) is 50.0 Å². The summed E-state index contributed by atoms with van der Waals surface area (Å²) < 4.78 is 0. The van der Waals surface area contributed by atoms with E-state index >= 15 is 0 Å². The van der Waals surface area contributed by atoms with Gasteiger partial charge in [0.25, 0.3) is 0 Å². The van der Waals surface area contributed by atoms with Crippen molar-refractivity contribution in [3.8, 4) is 0 Å². The Morgan fingerprint density at radius 3 is 2.39 bits per heavy atom. The highest BCUT2D eigenvalue weighted by Gasteiger charge is 2.53. The van der Waals surface area contributed by atoms with E-state index in [4.69, 9.17) is 11.6 Å². The van der Waals surface area contributed by atoms with Crippen molar-refractivity contribution in [3.05, 3.63) is 34.9 Å². The summed E-state index contributed by atoms with van der Waals surface area (Å²) >= 11 is 6.00. The summed E-state index contributed by atoms with van der Waals surface area (Å²) in [4.78, 5) is 17.9. The van der Waals surface area contributed by atoms with Gasteiger partial charge in [-0.25, -0.2) is 0 Å². The maximum atomic E-state index is 13.2. The molecule has 1 atom stereocenters. The molecule has 4 heteroatoms. The van der Waals surface area contributed by atoms with Gasteiger partial charge in [0, 0.05) is 24.2 Å². The number of hydrogen-bond donors (Lipinski definition) is 0. The van der Waals surface area contributed by atoms with E-state index in [0.717, 1.165) is 42.9 Å². The van der Waals surface area contributed by atoms with Crippen molar-refractivity contribution >= 4 is 17.5 Å². The second kappa shape index (κ2) is 6.10. The van der Waals surface area contributed by atoms with E-state index in [1.807, 2.05) is 24.3 Å². The highest BCUT2D eigenvalue weighted by atomic mass is 35.5. The average Bonchev–Trinajstić information content (AvgIpc) is 3.20. The zero-order valence-corrected chi connectivity index (χ0v) is 14.4. The maximum Gasteiger partial charge on any atom is 0.233 e. The SMILES string of the molecule is O=C(N1CCCC(N2CCCC2)C1)C1(c2ccc(Cl)cc2)CC1. The summed E-state index contributed by atoms with van der Waals surface area (Å²) in [6.45, 7) is 4.29. The Kier molecular flexibility index (Phi) is 4.10. The molecule has 0 spiro atoms. The molecule has 2 heterocycles. The number of hydrogen-bond acceptors (Lipinski definition) is 2. The standard InChI is InChI=1S/C19H25ClN2O/c20-16-7-5-15(6-8-16)19(9-10-19)18(23)22-13-3-4-17(14-22)21-11-1-2-12-21/h5-8,17H,1-4,9-14H2. The van der Waals surface area contributed by atoms with Gasteiger partial charge in [0.15, 0.2) is 0 Å². The second-order valence-corrected chi connectivity index (χ2v) is 7.82. The van der Waals surface area contributed by atoms with Crippen LogP contribution in [0.4, 0.5) is 0 Å². The monoisotopic (exact) mass is 332 g/mol. The first kappa shape index (κ1) is 15.5.